The molecule has 19 heavy (non-hydrogen) atoms. The standard InChI is InChI=1S/C13H19N3O2S/c1-5-9(3)10-8-19-13(14-10)15-11(17)7-16(4)12(18)6-2/h6,8-9H,2,5,7H2,1,3-4H3,(H,14,15,17). The smallest absolute Gasteiger partial charge is 0.246 e. The molecule has 0 saturated heterocycles. The van der Waals surface area contributed by atoms with E-state index in [-0.39, 0.29) is 18.4 Å². The summed E-state index contributed by atoms with van der Waals surface area (Å²) in [4.78, 5) is 28.6. The van der Waals surface area contributed by atoms with Crippen molar-refractivity contribution in [3.8, 4) is 0 Å². The Balaban J connectivity index is 2.55. The van der Waals surface area contributed by atoms with Gasteiger partial charge in [0, 0.05) is 12.4 Å². The van der Waals surface area contributed by atoms with Crippen LogP contribution >= 0.6 is 11.3 Å². The van der Waals surface area contributed by atoms with Crippen LogP contribution in [0.3, 0.4) is 0 Å². The molecular weight excluding hydrogens is 262 g/mol. The first-order valence-electron chi connectivity index (χ1n) is 6.10. The SMILES string of the molecule is C=CC(=O)N(C)CC(=O)Nc1nc(C(C)CC)cs1. The molecule has 0 saturated carbocycles. The molecule has 1 rings (SSSR count). The van der Waals surface area contributed by atoms with Gasteiger partial charge in [-0.25, -0.2) is 4.98 Å². The number of amides is 2. The van der Waals surface area contributed by atoms with Crippen molar-refractivity contribution in [2.45, 2.75) is 26.2 Å². The van der Waals surface area contributed by atoms with Gasteiger partial charge in [0.05, 0.1) is 12.2 Å². The first-order valence-corrected chi connectivity index (χ1v) is 6.98. The maximum atomic E-state index is 11.7. The zero-order valence-corrected chi connectivity index (χ0v) is 12.3. The van der Waals surface area contributed by atoms with E-state index in [0.29, 0.717) is 11.0 Å². The molecule has 6 heteroatoms. The fourth-order valence-electron chi connectivity index (χ4n) is 1.39. The van der Waals surface area contributed by atoms with Gasteiger partial charge in [-0.3, -0.25) is 9.59 Å². The minimum Gasteiger partial charge on any atom is -0.333 e. The summed E-state index contributed by atoms with van der Waals surface area (Å²) in [5.41, 5.74) is 0.985. The average molecular weight is 281 g/mol. The highest BCUT2D eigenvalue weighted by molar-refractivity contribution is 7.13. The van der Waals surface area contributed by atoms with Crippen LogP contribution in [-0.2, 0) is 9.59 Å². The summed E-state index contributed by atoms with van der Waals surface area (Å²) in [6, 6.07) is 0. The molecule has 1 heterocycles. The fraction of sp³-hybridized carbons (Fsp3) is 0.462. The van der Waals surface area contributed by atoms with Crippen LogP contribution in [0.25, 0.3) is 0 Å². The Kier molecular flexibility index (Phi) is 5.69. The van der Waals surface area contributed by atoms with Crippen molar-refractivity contribution in [2.75, 3.05) is 18.9 Å². The third-order valence-corrected chi connectivity index (χ3v) is 3.59. The second-order valence-electron chi connectivity index (χ2n) is 4.33. The second kappa shape index (κ2) is 7.04. The molecule has 0 aliphatic heterocycles. The molecule has 1 unspecified atom stereocenters. The quantitative estimate of drug-likeness (QED) is 0.813. The van der Waals surface area contributed by atoms with Crippen molar-refractivity contribution in [2.24, 2.45) is 0 Å². The van der Waals surface area contributed by atoms with Crippen molar-refractivity contribution in [1.29, 1.82) is 0 Å². The van der Waals surface area contributed by atoms with Crippen LogP contribution in [0.15, 0.2) is 18.0 Å². The predicted molar refractivity (Wildman–Crippen MR) is 77.3 cm³/mol. The zero-order valence-electron chi connectivity index (χ0n) is 11.5. The van der Waals surface area contributed by atoms with E-state index in [4.69, 9.17) is 0 Å². The summed E-state index contributed by atoms with van der Waals surface area (Å²) in [7, 11) is 1.55. The number of hydrogen-bond acceptors (Lipinski definition) is 4. The molecule has 5 nitrogen and oxygen atoms in total. The molecule has 1 N–H and O–H groups in total. The van der Waals surface area contributed by atoms with Gasteiger partial charge in [0.15, 0.2) is 5.13 Å². The molecule has 0 aromatic carbocycles. The number of likely N-dealkylation sites (N-methyl/N-ethyl adjacent to an activating group) is 1. The molecule has 2 amide bonds. The van der Waals surface area contributed by atoms with Gasteiger partial charge >= 0.3 is 0 Å². The van der Waals surface area contributed by atoms with E-state index < -0.39 is 0 Å². The molecule has 0 spiro atoms. The van der Waals surface area contributed by atoms with Crippen molar-refractivity contribution < 1.29 is 9.59 Å². The van der Waals surface area contributed by atoms with Gasteiger partial charge < -0.3 is 10.2 Å². The lowest BCUT2D eigenvalue weighted by Gasteiger charge is -2.13. The van der Waals surface area contributed by atoms with Gasteiger partial charge in [-0.2, -0.15) is 0 Å². The number of hydrogen-bond donors (Lipinski definition) is 1. The van der Waals surface area contributed by atoms with Crippen LogP contribution in [0.2, 0.25) is 0 Å². The van der Waals surface area contributed by atoms with E-state index in [1.165, 1.54) is 22.3 Å². The largest absolute Gasteiger partial charge is 0.333 e. The molecule has 1 atom stereocenters. The average Bonchev–Trinajstić information content (AvgIpc) is 2.84. The van der Waals surface area contributed by atoms with E-state index in [0.717, 1.165) is 12.1 Å². The minimum atomic E-state index is -0.283. The van der Waals surface area contributed by atoms with Gasteiger partial charge in [-0.05, 0) is 18.4 Å². The van der Waals surface area contributed by atoms with Crippen LogP contribution in [0.5, 0.6) is 0 Å². The van der Waals surface area contributed by atoms with Crippen LogP contribution < -0.4 is 5.32 Å². The fourth-order valence-corrected chi connectivity index (χ4v) is 2.24. The number of rotatable bonds is 6. The van der Waals surface area contributed by atoms with E-state index in [1.807, 2.05) is 5.38 Å². The molecule has 0 aliphatic carbocycles. The van der Waals surface area contributed by atoms with Gasteiger partial charge in [-0.15, -0.1) is 11.3 Å². The lowest BCUT2D eigenvalue weighted by Crippen LogP contribution is -2.33. The zero-order chi connectivity index (χ0) is 14.4. The summed E-state index contributed by atoms with van der Waals surface area (Å²) in [6.07, 6.45) is 2.19. The lowest BCUT2D eigenvalue weighted by molar-refractivity contribution is -0.129. The van der Waals surface area contributed by atoms with Gasteiger partial charge in [0.25, 0.3) is 0 Å². The first kappa shape index (κ1) is 15.4. The molecule has 1 aromatic rings. The maximum absolute atomic E-state index is 11.7. The summed E-state index contributed by atoms with van der Waals surface area (Å²) < 4.78 is 0. The molecule has 0 fully saturated rings. The predicted octanol–water partition coefficient (Wildman–Crippen LogP) is 2.24. The maximum Gasteiger partial charge on any atom is 0.246 e. The summed E-state index contributed by atoms with van der Waals surface area (Å²) in [5, 5.41) is 5.21. The van der Waals surface area contributed by atoms with Crippen LogP contribution in [0.1, 0.15) is 31.9 Å². The van der Waals surface area contributed by atoms with Crippen molar-refractivity contribution >= 4 is 28.3 Å². The highest BCUT2D eigenvalue weighted by Crippen LogP contribution is 2.23. The molecule has 1 aromatic heterocycles. The Bertz CT molecular complexity index is 470. The van der Waals surface area contributed by atoms with Crippen molar-refractivity contribution in [1.82, 2.24) is 9.88 Å². The topological polar surface area (TPSA) is 62.3 Å². The number of nitrogens with zero attached hydrogens (tertiary/aromatic N) is 2. The monoisotopic (exact) mass is 281 g/mol. The Labute approximate surface area is 117 Å². The molecule has 104 valence electrons. The summed E-state index contributed by atoms with van der Waals surface area (Å²) in [5.74, 6) is -0.163. The highest BCUT2D eigenvalue weighted by Gasteiger charge is 2.13. The molecule has 0 radical (unpaired) electrons. The number of nitrogens with one attached hydrogen (secondary N) is 1. The summed E-state index contributed by atoms with van der Waals surface area (Å²) in [6.45, 7) is 7.55. The number of anilines is 1. The minimum absolute atomic E-state index is 0.0108. The Morgan fingerprint density at radius 3 is 2.89 bits per heavy atom. The van der Waals surface area contributed by atoms with E-state index in [2.05, 4.69) is 30.7 Å². The Morgan fingerprint density at radius 2 is 2.32 bits per heavy atom. The first-order chi connectivity index (χ1) is 8.97. The van der Waals surface area contributed by atoms with Crippen molar-refractivity contribution in [3.05, 3.63) is 23.7 Å². The number of thiazole rings is 1. The van der Waals surface area contributed by atoms with Crippen LogP contribution in [0.4, 0.5) is 5.13 Å². The van der Waals surface area contributed by atoms with Gasteiger partial charge in [0.2, 0.25) is 11.8 Å². The Morgan fingerprint density at radius 1 is 1.63 bits per heavy atom. The highest BCUT2D eigenvalue weighted by atomic mass is 32.1. The van der Waals surface area contributed by atoms with Crippen LogP contribution in [0, 0.1) is 0 Å². The molecular formula is C13H19N3O2S. The Hall–Kier alpha value is -1.69. The molecule has 0 aliphatic rings. The van der Waals surface area contributed by atoms with Crippen molar-refractivity contribution in [3.63, 3.8) is 0 Å². The van der Waals surface area contributed by atoms with Crippen LogP contribution in [-0.4, -0.2) is 35.3 Å². The summed E-state index contributed by atoms with van der Waals surface area (Å²) >= 11 is 1.40. The third kappa shape index (κ3) is 4.48. The second-order valence-corrected chi connectivity index (χ2v) is 5.19. The van der Waals surface area contributed by atoms with E-state index in [9.17, 15) is 9.59 Å². The van der Waals surface area contributed by atoms with Gasteiger partial charge in [0.1, 0.15) is 0 Å². The van der Waals surface area contributed by atoms with Gasteiger partial charge in [-0.1, -0.05) is 20.4 Å². The van der Waals surface area contributed by atoms with E-state index >= 15 is 0 Å². The third-order valence-electron chi connectivity index (χ3n) is 2.82. The number of carbonyl (C=O) groups is 2. The molecule has 0 bridgehead atoms. The van der Waals surface area contributed by atoms with E-state index in [1.54, 1.807) is 7.05 Å². The normalized spacial score (nSPS) is 11.7. The number of aromatic nitrogens is 1. The number of carbonyl (C=O) groups excluding carboxylic acids is 2. The lowest BCUT2D eigenvalue weighted by atomic mass is 10.1.